The van der Waals surface area contributed by atoms with E-state index in [2.05, 4.69) is 15.3 Å². The number of imidazole rings is 1. The minimum absolute atomic E-state index is 0.0154. The average molecular weight is 288 g/mol. The summed E-state index contributed by atoms with van der Waals surface area (Å²) in [5.41, 5.74) is -1.09. The summed E-state index contributed by atoms with van der Waals surface area (Å²) in [6, 6.07) is 0. The Hall–Kier alpha value is -2.32. The van der Waals surface area contributed by atoms with Crippen molar-refractivity contribution in [2.75, 3.05) is 5.32 Å². The molecule has 6 nitrogen and oxygen atoms in total. The zero-order chi connectivity index (χ0) is 14.9. The fourth-order valence-electron chi connectivity index (χ4n) is 1.46. The number of halogens is 3. The lowest BCUT2D eigenvalue weighted by atomic mass is 10.4. The molecule has 0 bridgehead atoms. The van der Waals surface area contributed by atoms with Crippen LogP contribution in [0.4, 0.5) is 19.1 Å². The zero-order valence-corrected chi connectivity index (χ0v) is 10.7. The summed E-state index contributed by atoms with van der Waals surface area (Å²) in [6.07, 6.45) is -2.13. The van der Waals surface area contributed by atoms with Crippen molar-refractivity contribution in [3.8, 4) is 0 Å². The lowest BCUT2D eigenvalue weighted by Crippen LogP contribution is -2.15. The van der Waals surface area contributed by atoms with E-state index >= 15 is 0 Å². The third-order valence-corrected chi connectivity index (χ3v) is 2.48. The Morgan fingerprint density at radius 3 is 2.65 bits per heavy atom. The predicted octanol–water partition coefficient (Wildman–Crippen LogP) is 2.24. The Morgan fingerprint density at radius 1 is 1.45 bits per heavy atom. The van der Waals surface area contributed by atoms with E-state index in [1.54, 1.807) is 6.92 Å². The van der Waals surface area contributed by atoms with Gasteiger partial charge in [0.2, 0.25) is 5.95 Å². The number of oxazole rings is 1. The van der Waals surface area contributed by atoms with Gasteiger partial charge in [0.15, 0.2) is 17.3 Å². The molecule has 108 valence electrons. The molecule has 2 heterocycles. The SMILES string of the molecule is CCc1nc(C(=O)Nc2nc(C(F)(F)F)cn2C)co1. The lowest BCUT2D eigenvalue weighted by molar-refractivity contribution is -0.140. The second kappa shape index (κ2) is 4.99. The average Bonchev–Trinajstić information content (AvgIpc) is 2.96. The number of aromatic nitrogens is 3. The van der Waals surface area contributed by atoms with Crippen LogP contribution in [-0.2, 0) is 19.6 Å². The predicted molar refractivity (Wildman–Crippen MR) is 62.0 cm³/mol. The Kier molecular flexibility index (Phi) is 3.51. The molecule has 1 amide bonds. The van der Waals surface area contributed by atoms with Gasteiger partial charge in [-0.25, -0.2) is 9.97 Å². The highest BCUT2D eigenvalue weighted by molar-refractivity contribution is 6.01. The minimum atomic E-state index is -4.57. The fraction of sp³-hybridized carbons (Fsp3) is 0.364. The van der Waals surface area contributed by atoms with Gasteiger partial charge in [-0.3, -0.25) is 10.1 Å². The number of aryl methyl sites for hydroxylation is 2. The minimum Gasteiger partial charge on any atom is -0.448 e. The zero-order valence-electron chi connectivity index (χ0n) is 10.7. The van der Waals surface area contributed by atoms with Crippen LogP contribution < -0.4 is 5.32 Å². The van der Waals surface area contributed by atoms with E-state index in [0.717, 1.165) is 17.0 Å². The first-order valence-electron chi connectivity index (χ1n) is 5.67. The van der Waals surface area contributed by atoms with E-state index < -0.39 is 17.8 Å². The van der Waals surface area contributed by atoms with Crippen molar-refractivity contribution in [2.24, 2.45) is 7.05 Å². The molecule has 0 aliphatic heterocycles. The quantitative estimate of drug-likeness (QED) is 0.940. The monoisotopic (exact) mass is 288 g/mol. The van der Waals surface area contributed by atoms with Gasteiger partial charge in [0.05, 0.1) is 0 Å². The van der Waals surface area contributed by atoms with Crippen molar-refractivity contribution in [3.63, 3.8) is 0 Å². The normalized spacial score (nSPS) is 11.7. The molecule has 0 aliphatic carbocycles. The molecular formula is C11H11F3N4O2. The van der Waals surface area contributed by atoms with Gasteiger partial charge in [-0.2, -0.15) is 13.2 Å². The highest BCUT2D eigenvalue weighted by Crippen LogP contribution is 2.29. The molecule has 0 fully saturated rings. The second-order valence-electron chi connectivity index (χ2n) is 3.99. The van der Waals surface area contributed by atoms with Gasteiger partial charge in [-0.1, -0.05) is 6.92 Å². The number of anilines is 1. The molecule has 0 saturated heterocycles. The largest absolute Gasteiger partial charge is 0.448 e. The highest BCUT2D eigenvalue weighted by Gasteiger charge is 2.34. The van der Waals surface area contributed by atoms with Crippen LogP contribution in [0.3, 0.4) is 0 Å². The lowest BCUT2D eigenvalue weighted by Gasteiger charge is -2.01. The van der Waals surface area contributed by atoms with Gasteiger partial charge in [0, 0.05) is 19.7 Å². The van der Waals surface area contributed by atoms with Gasteiger partial charge in [-0.15, -0.1) is 0 Å². The van der Waals surface area contributed by atoms with Crippen LogP contribution in [0.2, 0.25) is 0 Å². The molecule has 2 aromatic heterocycles. The Labute approximate surface area is 111 Å². The van der Waals surface area contributed by atoms with Crippen molar-refractivity contribution >= 4 is 11.9 Å². The van der Waals surface area contributed by atoms with Crippen LogP contribution in [0.5, 0.6) is 0 Å². The van der Waals surface area contributed by atoms with Gasteiger partial charge in [-0.05, 0) is 0 Å². The number of nitrogens with one attached hydrogen (secondary N) is 1. The summed E-state index contributed by atoms with van der Waals surface area (Å²) in [4.78, 5) is 19.0. The number of nitrogens with zero attached hydrogens (tertiary/aromatic N) is 3. The van der Waals surface area contributed by atoms with E-state index in [1.807, 2.05) is 0 Å². The van der Waals surface area contributed by atoms with E-state index in [4.69, 9.17) is 4.42 Å². The summed E-state index contributed by atoms with van der Waals surface area (Å²) in [5.74, 6) is -0.537. The first-order valence-corrected chi connectivity index (χ1v) is 5.67. The Balaban J connectivity index is 2.17. The summed E-state index contributed by atoms with van der Waals surface area (Å²) in [7, 11) is 1.35. The molecule has 0 unspecified atom stereocenters. The Bertz CT molecular complexity index is 630. The molecule has 9 heteroatoms. The second-order valence-corrected chi connectivity index (χ2v) is 3.99. The Morgan fingerprint density at radius 2 is 2.15 bits per heavy atom. The maximum Gasteiger partial charge on any atom is 0.434 e. The van der Waals surface area contributed by atoms with E-state index in [-0.39, 0.29) is 11.6 Å². The summed E-state index contributed by atoms with van der Waals surface area (Å²) in [6.45, 7) is 1.79. The molecule has 2 rings (SSSR count). The number of rotatable bonds is 3. The number of hydrogen-bond donors (Lipinski definition) is 1. The van der Waals surface area contributed by atoms with Crippen LogP contribution in [0.1, 0.15) is 29.0 Å². The molecule has 0 atom stereocenters. The van der Waals surface area contributed by atoms with Crippen LogP contribution in [0, 0.1) is 0 Å². The molecule has 0 spiro atoms. The van der Waals surface area contributed by atoms with E-state index in [0.29, 0.717) is 12.3 Å². The van der Waals surface area contributed by atoms with Crippen molar-refractivity contribution in [3.05, 3.63) is 29.7 Å². The van der Waals surface area contributed by atoms with Gasteiger partial charge < -0.3 is 8.98 Å². The van der Waals surface area contributed by atoms with Crippen LogP contribution >= 0.6 is 0 Å². The maximum atomic E-state index is 12.5. The first kappa shape index (κ1) is 14.1. The van der Waals surface area contributed by atoms with Crippen molar-refractivity contribution in [2.45, 2.75) is 19.5 Å². The first-order chi connectivity index (χ1) is 9.31. The number of carbonyl (C=O) groups excluding carboxylic acids is 1. The molecule has 0 radical (unpaired) electrons. The summed E-state index contributed by atoms with van der Waals surface area (Å²) >= 11 is 0. The summed E-state index contributed by atoms with van der Waals surface area (Å²) < 4.78 is 43.5. The number of hydrogen-bond acceptors (Lipinski definition) is 4. The van der Waals surface area contributed by atoms with Crippen molar-refractivity contribution in [1.29, 1.82) is 0 Å². The number of carbonyl (C=O) groups is 1. The van der Waals surface area contributed by atoms with Gasteiger partial charge >= 0.3 is 6.18 Å². The molecule has 0 aromatic carbocycles. The third kappa shape index (κ3) is 2.81. The summed E-state index contributed by atoms with van der Waals surface area (Å²) in [5, 5.41) is 2.25. The van der Waals surface area contributed by atoms with Gasteiger partial charge in [0.25, 0.3) is 5.91 Å². The van der Waals surface area contributed by atoms with Crippen LogP contribution in [0.25, 0.3) is 0 Å². The molecular weight excluding hydrogens is 277 g/mol. The van der Waals surface area contributed by atoms with Crippen molar-refractivity contribution < 1.29 is 22.4 Å². The molecule has 2 aromatic rings. The molecule has 0 aliphatic rings. The molecule has 0 saturated carbocycles. The van der Waals surface area contributed by atoms with Crippen molar-refractivity contribution in [1.82, 2.24) is 14.5 Å². The van der Waals surface area contributed by atoms with Crippen LogP contribution in [0.15, 0.2) is 16.9 Å². The standard InChI is InChI=1S/C11H11F3N4O2/c1-3-8-15-6(5-20-8)9(19)17-10-16-7(4-18(10)2)11(12,13)14/h4-5H,3H2,1-2H3,(H,16,17,19). The maximum absolute atomic E-state index is 12.5. The molecule has 20 heavy (non-hydrogen) atoms. The fourth-order valence-corrected chi connectivity index (χ4v) is 1.46. The van der Waals surface area contributed by atoms with E-state index in [1.165, 1.54) is 7.05 Å². The number of amides is 1. The number of alkyl halides is 3. The molecule has 1 N–H and O–H groups in total. The topological polar surface area (TPSA) is 73.0 Å². The van der Waals surface area contributed by atoms with Gasteiger partial charge in [0.1, 0.15) is 6.26 Å². The van der Waals surface area contributed by atoms with Crippen LogP contribution in [-0.4, -0.2) is 20.4 Å². The third-order valence-electron chi connectivity index (χ3n) is 2.48. The smallest absolute Gasteiger partial charge is 0.434 e. The van der Waals surface area contributed by atoms with E-state index in [9.17, 15) is 18.0 Å². The highest BCUT2D eigenvalue weighted by atomic mass is 19.4.